The summed E-state index contributed by atoms with van der Waals surface area (Å²) in [6, 6.07) is 7.16. The number of amides is 1. The molecule has 2 aromatic rings. The molecule has 1 aromatic carbocycles. The number of hydrogen-bond acceptors (Lipinski definition) is 3. The van der Waals surface area contributed by atoms with E-state index >= 15 is 0 Å². The van der Waals surface area contributed by atoms with E-state index in [0.29, 0.717) is 17.1 Å². The van der Waals surface area contributed by atoms with E-state index in [-0.39, 0.29) is 11.7 Å². The van der Waals surface area contributed by atoms with Crippen molar-refractivity contribution in [3.8, 4) is 0 Å². The number of unbranched alkanes of at least 4 members (excludes halogenated alkanes) is 1. The normalized spacial score (nSPS) is 14.5. The average molecular weight is 386 g/mol. The van der Waals surface area contributed by atoms with Gasteiger partial charge in [0, 0.05) is 36.3 Å². The Morgan fingerprint density at radius 3 is 2.67 bits per heavy atom. The average Bonchev–Trinajstić information content (AvgIpc) is 3.21. The molecule has 27 heavy (non-hydrogen) atoms. The molecule has 1 amide bonds. The van der Waals surface area contributed by atoms with Crippen LogP contribution < -0.4 is 4.90 Å². The van der Waals surface area contributed by atoms with E-state index in [0.717, 1.165) is 49.3 Å². The largest absolute Gasteiger partial charge is 0.312 e. The van der Waals surface area contributed by atoms with Crippen LogP contribution in [0.2, 0.25) is 5.15 Å². The van der Waals surface area contributed by atoms with Crippen molar-refractivity contribution in [2.24, 2.45) is 0 Å². The van der Waals surface area contributed by atoms with E-state index in [1.807, 2.05) is 19.1 Å². The Balaban J connectivity index is 1.72. The van der Waals surface area contributed by atoms with Crippen LogP contribution in [0.4, 0.5) is 5.69 Å². The molecule has 2 heterocycles. The number of ketones is 1. The summed E-state index contributed by atoms with van der Waals surface area (Å²) in [7, 11) is 0. The molecule has 0 radical (unpaired) electrons. The predicted octanol–water partition coefficient (Wildman–Crippen LogP) is 4.67. The van der Waals surface area contributed by atoms with Gasteiger partial charge in [-0.05, 0) is 56.2 Å². The molecule has 0 aliphatic carbocycles. The number of carbonyl (C=O) groups excluding carboxylic acids is 2. The summed E-state index contributed by atoms with van der Waals surface area (Å²) in [4.78, 5) is 26.1. The fourth-order valence-electron chi connectivity index (χ4n) is 3.19. The van der Waals surface area contributed by atoms with E-state index in [2.05, 4.69) is 12.0 Å². The van der Waals surface area contributed by atoms with E-state index in [4.69, 9.17) is 11.6 Å². The molecule has 1 aliphatic heterocycles. The van der Waals surface area contributed by atoms with E-state index in [1.165, 1.54) is 6.08 Å². The predicted molar refractivity (Wildman–Crippen MR) is 108 cm³/mol. The summed E-state index contributed by atoms with van der Waals surface area (Å²) in [6.07, 6.45) is 6.81. The molecular weight excluding hydrogens is 362 g/mol. The number of benzene rings is 1. The summed E-state index contributed by atoms with van der Waals surface area (Å²) in [5.74, 6) is 0.0326. The molecular formula is C21H24ClN3O2. The minimum absolute atomic E-state index is 0.105. The Morgan fingerprint density at radius 2 is 2.04 bits per heavy atom. The first-order chi connectivity index (χ1) is 13.0. The highest BCUT2D eigenvalue weighted by Gasteiger charge is 2.21. The monoisotopic (exact) mass is 385 g/mol. The molecule has 0 atom stereocenters. The van der Waals surface area contributed by atoms with Crippen molar-refractivity contribution in [1.29, 1.82) is 0 Å². The highest BCUT2D eigenvalue weighted by Crippen LogP contribution is 2.24. The molecule has 0 bridgehead atoms. The molecule has 0 saturated carbocycles. The van der Waals surface area contributed by atoms with Crippen LogP contribution in [0.25, 0.3) is 6.08 Å². The van der Waals surface area contributed by atoms with Gasteiger partial charge in [-0.3, -0.25) is 14.3 Å². The fourth-order valence-corrected chi connectivity index (χ4v) is 3.52. The highest BCUT2D eigenvalue weighted by atomic mass is 35.5. The van der Waals surface area contributed by atoms with Crippen LogP contribution in [0.1, 0.15) is 54.2 Å². The summed E-state index contributed by atoms with van der Waals surface area (Å²) in [5, 5.41) is 5.01. The number of halogens is 1. The van der Waals surface area contributed by atoms with Crippen molar-refractivity contribution in [1.82, 2.24) is 9.78 Å². The minimum Gasteiger partial charge on any atom is -0.312 e. The smallest absolute Gasteiger partial charge is 0.227 e. The maximum atomic E-state index is 12.5. The van der Waals surface area contributed by atoms with Crippen molar-refractivity contribution in [3.63, 3.8) is 0 Å². The number of aryl methyl sites for hydroxylation is 2. The van der Waals surface area contributed by atoms with E-state index in [1.54, 1.807) is 27.8 Å². The van der Waals surface area contributed by atoms with Crippen molar-refractivity contribution in [3.05, 3.63) is 52.3 Å². The van der Waals surface area contributed by atoms with Gasteiger partial charge < -0.3 is 4.90 Å². The Labute approximate surface area is 164 Å². The first kappa shape index (κ1) is 19.4. The van der Waals surface area contributed by atoms with Gasteiger partial charge in [0.05, 0.1) is 5.69 Å². The summed E-state index contributed by atoms with van der Waals surface area (Å²) in [6.45, 7) is 5.52. The summed E-state index contributed by atoms with van der Waals surface area (Å²) in [5.41, 5.74) is 3.01. The van der Waals surface area contributed by atoms with Crippen molar-refractivity contribution >= 4 is 35.1 Å². The molecule has 1 saturated heterocycles. The third kappa shape index (κ3) is 4.30. The van der Waals surface area contributed by atoms with Gasteiger partial charge >= 0.3 is 0 Å². The number of rotatable bonds is 7. The highest BCUT2D eigenvalue weighted by molar-refractivity contribution is 6.31. The second-order valence-electron chi connectivity index (χ2n) is 6.76. The molecule has 0 N–H and O–H groups in total. The zero-order valence-corrected chi connectivity index (χ0v) is 16.5. The Kier molecular flexibility index (Phi) is 6.11. The Hall–Kier alpha value is -2.40. The quantitative estimate of drug-likeness (QED) is 0.514. The number of aromatic nitrogens is 2. The first-order valence-electron chi connectivity index (χ1n) is 9.37. The molecule has 3 rings (SSSR count). The Morgan fingerprint density at radius 1 is 1.30 bits per heavy atom. The molecule has 5 nitrogen and oxygen atoms in total. The van der Waals surface area contributed by atoms with Gasteiger partial charge in [0.2, 0.25) is 5.91 Å². The minimum atomic E-state index is -0.105. The van der Waals surface area contributed by atoms with Crippen LogP contribution in [-0.4, -0.2) is 28.0 Å². The number of allylic oxidation sites excluding steroid dienone is 1. The second kappa shape index (κ2) is 8.53. The van der Waals surface area contributed by atoms with Gasteiger partial charge in [0.25, 0.3) is 0 Å². The van der Waals surface area contributed by atoms with Gasteiger partial charge in [-0.2, -0.15) is 5.10 Å². The lowest BCUT2D eigenvalue weighted by atomic mass is 10.1. The lowest BCUT2D eigenvalue weighted by Crippen LogP contribution is -2.23. The third-order valence-corrected chi connectivity index (χ3v) is 5.17. The standard InChI is InChI=1S/C21H24ClN3O2/c1-3-4-14-25-21(22)18(15(2)23-25)11-12-19(26)16-7-9-17(10-8-16)24-13-5-6-20(24)27/h7-12H,3-6,13-14H2,1-2H3/b12-11+. The van der Waals surface area contributed by atoms with Crippen LogP contribution >= 0.6 is 11.6 Å². The van der Waals surface area contributed by atoms with Crippen LogP contribution in [0, 0.1) is 6.92 Å². The maximum Gasteiger partial charge on any atom is 0.227 e. The topological polar surface area (TPSA) is 55.2 Å². The van der Waals surface area contributed by atoms with Crippen LogP contribution in [0.5, 0.6) is 0 Å². The summed E-state index contributed by atoms with van der Waals surface area (Å²) >= 11 is 6.40. The molecule has 1 fully saturated rings. The van der Waals surface area contributed by atoms with Crippen LogP contribution in [-0.2, 0) is 11.3 Å². The molecule has 0 spiro atoms. The zero-order chi connectivity index (χ0) is 19.4. The second-order valence-corrected chi connectivity index (χ2v) is 7.12. The zero-order valence-electron chi connectivity index (χ0n) is 15.7. The molecule has 0 unspecified atom stereocenters. The molecule has 1 aliphatic rings. The fraction of sp³-hybridized carbons (Fsp3) is 0.381. The number of hydrogen-bond donors (Lipinski definition) is 0. The number of nitrogens with zero attached hydrogens (tertiary/aromatic N) is 3. The van der Waals surface area contributed by atoms with Crippen LogP contribution in [0.3, 0.4) is 0 Å². The van der Waals surface area contributed by atoms with Crippen molar-refractivity contribution in [2.45, 2.75) is 46.1 Å². The summed E-state index contributed by atoms with van der Waals surface area (Å²) < 4.78 is 1.78. The van der Waals surface area contributed by atoms with Crippen molar-refractivity contribution < 1.29 is 9.59 Å². The SMILES string of the molecule is CCCCn1nc(C)c(/C=C/C(=O)c2ccc(N3CCCC3=O)cc2)c1Cl. The van der Waals surface area contributed by atoms with Gasteiger partial charge in [0.15, 0.2) is 5.78 Å². The Bertz CT molecular complexity index is 868. The van der Waals surface area contributed by atoms with Gasteiger partial charge in [-0.25, -0.2) is 0 Å². The van der Waals surface area contributed by atoms with E-state index < -0.39 is 0 Å². The molecule has 6 heteroatoms. The lowest BCUT2D eigenvalue weighted by molar-refractivity contribution is -0.117. The van der Waals surface area contributed by atoms with Gasteiger partial charge in [-0.1, -0.05) is 24.9 Å². The van der Waals surface area contributed by atoms with Crippen molar-refractivity contribution in [2.75, 3.05) is 11.4 Å². The molecule has 142 valence electrons. The van der Waals surface area contributed by atoms with E-state index in [9.17, 15) is 9.59 Å². The van der Waals surface area contributed by atoms with Gasteiger partial charge in [0.1, 0.15) is 5.15 Å². The molecule has 1 aromatic heterocycles. The maximum absolute atomic E-state index is 12.5. The first-order valence-corrected chi connectivity index (χ1v) is 9.74. The third-order valence-electron chi connectivity index (χ3n) is 4.77. The number of anilines is 1. The lowest BCUT2D eigenvalue weighted by Gasteiger charge is -2.15. The number of carbonyl (C=O) groups is 2. The van der Waals surface area contributed by atoms with Crippen LogP contribution in [0.15, 0.2) is 30.3 Å². The van der Waals surface area contributed by atoms with Gasteiger partial charge in [-0.15, -0.1) is 0 Å².